The molecular weight excluding hydrogens is 433 g/mol. The largest absolute Gasteiger partial charge is 0.494 e. The minimum atomic E-state index is -4.35. The summed E-state index contributed by atoms with van der Waals surface area (Å²) >= 11 is 0. The number of nitrogens with two attached hydrogens (primary N) is 1. The van der Waals surface area contributed by atoms with E-state index in [1.807, 2.05) is 12.1 Å². The van der Waals surface area contributed by atoms with Crippen molar-refractivity contribution in [3.05, 3.63) is 59.4 Å². The maximum absolute atomic E-state index is 12.9. The Labute approximate surface area is 189 Å². The van der Waals surface area contributed by atoms with E-state index in [1.165, 1.54) is 16.6 Å². The third-order valence-corrected chi connectivity index (χ3v) is 5.23. The van der Waals surface area contributed by atoms with Gasteiger partial charge in [-0.15, -0.1) is 5.10 Å². The van der Waals surface area contributed by atoms with E-state index in [-0.39, 0.29) is 5.95 Å². The smallest absolute Gasteiger partial charge is 0.416 e. The lowest BCUT2D eigenvalue weighted by Crippen LogP contribution is -2.27. The van der Waals surface area contributed by atoms with Gasteiger partial charge in [0.25, 0.3) is 0 Å². The van der Waals surface area contributed by atoms with Crippen molar-refractivity contribution >= 4 is 22.5 Å². The van der Waals surface area contributed by atoms with Gasteiger partial charge in [-0.05, 0) is 35.7 Å². The molecule has 0 bridgehead atoms. The van der Waals surface area contributed by atoms with Crippen LogP contribution < -0.4 is 10.5 Å². The Bertz CT molecular complexity index is 1270. The molecule has 0 unspecified atom stereocenters. The van der Waals surface area contributed by atoms with Gasteiger partial charge in [-0.1, -0.05) is 32.0 Å². The number of fused-ring (bicyclic) bond motifs is 3. The van der Waals surface area contributed by atoms with Crippen LogP contribution in [-0.4, -0.2) is 38.1 Å². The fraction of sp³-hybridized carbons (Fsp3) is 0.348. The minimum absolute atomic E-state index is 0.193. The van der Waals surface area contributed by atoms with E-state index in [0.717, 1.165) is 29.6 Å². The summed E-state index contributed by atoms with van der Waals surface area (Å²) in [6, 6.07) is 10.8. The Kier molecular flexibility index (Phi) is 6.11. The van der Waals surface area contributed by atoms with Crippen LogP contribution in [-0.2, 0) is 19.3 Å². The average Bonchev–Trinajstić information content (AvgIpc) is 3.17. The summed E-state index contributed by atoms with van der Waals surface area (Å²) in [5.74, 6) is 1.67. The normalized spacial score (nSPS) is 12.4. The molecule has 0 fully saturated rings. The molecule has 0 aliphatic carbocycles. The van der Waals surface area contributed by atoms with Gasteiger partial charge in [0.15, 0.2) is 11.5 Å². The van der Waals surface area contributed by atoms with Crippen LogP contribution in [0.25, 0.3) is 16.6 Å². The molecule has 4 aromatic rings. The first-order chi connectivity index (χ1) is 15.7. The predicted octanol–water partition coefficient (Wildman–Crippen LogP) is 4.55. The molecule has 0 saturated carbocycles. The van der Waals surface area contributed by atoms with Crippen molar-refractivity contribution < 1.29 is 17.9 Å². The number of benzene rings is 2. The number of nitrogens with zero attached hydrogens (tertiary/aromatic N) is 5. The maximum Gasteiger partial charge on any atom is 0.416 e. The van der Waals surface area contributed by atoms with Crippen LogP contribution in [0.4, 0.5) is 19.1 Å². The zero-order valence-corrected chi connectivity index (χ0v) is 18.6. The van der Waals surface area contributed by atoms with Crippen LogP contribution in [0.5, 0.6) is 5.75 Å². The summed E-state index contributed by atoms with van der Waals surface area (Å²) in [7, 11) is 1.57. The summed E-state index contributed by atoms with van der Waals surface area (Å²) in [6.07, 6.45) is -4.35. The highest BCUT2D eigenvalue weighted by Crippen LogP contribution is 2.30. The van der Waals surface area contributed by atoms with Gasteiger partial charge in [-0.25, -0.2) is 9.97 Å². The first kappa shape index (κ1) is 22.8. The van der Waals surface area contributed by atoms with Crippen LogP contribution >= 0.6 is 0 Å². The molecule has 7 nitrogen and oxygen atoms in total. The lowest BCUT2D eigenvalue weighted by molar-refractivity contribution is -0.137. The molecule has 0 aliphatic heterocycles. The van der Waals surface area contributed by atoms with Crippen LogP contribution in [0.3, 0.4) is 0 Å². The number of para-hydroxylation sites is 1. The van der Waals surface area contributed by atoms with E-state index in [1.54, 1.807) is 13.2 Å². The molecule has 33 heavy (non-hydrogen) atoms. The Morgan fingerprint density at radius 1 is 1.06 bits per heavy atom. The van der Waals surface area contributed by atoms with Gasteiger partial charge in [0.2, 0.25) is 5.95 Å². The number of anilines is 1. The molecule has 10 heteroatoms. The van der Waals surface area contributed by atoms with Crippen LogP contribution in [0.2, 0.25) is 0 Å². The highest BCUT2D eigenvalue weighted by molar-refractivity contribution is 5.95. The van der Waals surface area contributed by atoms with Crippen molar-refractivity contribution in [2.24, 2.45) is 5.92 Å². The summed E-state index contributed by atoms with van der Waals surface area (Å²) in [5.41, 5.74) is 7.43. The molecule has 0 radical (unpaired) electrons. The molecule has 2 heterocycles. The molecule has 0 aliphatic rings. The second-order valence-electron chi connectivity index (χ2n) is 8.35. The molecule has 2 N–H and O–H groups in total. The lowest BCUT2D eigenvalue weighted by Gasteiger charge is -2.23. The number of nitrogen functional groups attached to an aromatic ring is 1. The van der Waals surface area contributed by atoms with E-state index >= 15 is 0 Å². The predicted molar refractivity (Wildman–Crippen MR) is 120 cm³/mol. The fourth-order valence-corrected chi connectivity index (χ4v) is 3.86. The minimum Gasteiger partial charge on any atom is -0.494 e. The molecule has 2 aromatic heterocycles. The van der Waals surface area contributed by atoms with Crippen molar-refractivity contribution in [1.29, 1.82) is 0 Å². The number of hydrogen-bond acceptors (Lipinski definition) is 6. The highest BCUT2D eigenvalue weighted by atomic mass is 19.4. The summed E-state index contributed by atoms with van der Waals surface area (Å²) in [6.45, 7) is 5.76. The van der Waals surface area contributed by atoms with E-state index in [9.17, 15) is 13.2 Å². The van der Waals surface area contributed by atoms with Gasteiger partial charge in [-0.3, -0.25) is 4.90 Å². The number of methoxy groups -OCH3 is 1. The molecule has 2 aromatic carbocycles. The van der Waals surface area contributed by atoms with Gasteiger partial charge in [0, 0.05) is 18.5 Å². The van der Waals surface area contributed by atoms with Gasteiger partial charge in [0.1, 0.15) is 11.3 Å². The fourth-order valence-electron chi connectivity index (χ4n) is 3.86. The first-order valence-corrected chi connectivity index (χ1v) is 10.5. The second-order valence-corrected chi connectivity index (χ2v) is 8.35. The molecule has 174 valence electrons. The van der Waals surface area contributed by atoms with Crippen molar-refractivity contribution in [3.8, 4) is 5.75 Å². The number of aromatic nitrogens is 4. The zero-order valence-electron chi connectivity index (χ0n) is 18.6. The topological polar surface area (TPSA) is 81.6 Å². The Morgan fingerprint density at radius 3 is 2.42 bits per heavy atom. The Morgan fingerprint density at radius 2 is 1.79 bits per heavy atom. The van der Waals surface area contributed by atoms with Gasteiger partial charge in [0.05, 0.1) is 19.2 Å². The zero-order chi connectivity index (χ0) is 23.8. The molecule has 0 saturated heterocycles. The SMILES string of the molecule is COc1cccc2c1nc(N)n1nc(CN(Cc3ccc(C(F)(F)F)cc3)CC(C)C)nc21. The third kappa shape index (κ3) is 4.85. The van der Waals surface area contributed by atoms with E-state index in [2.05, 4.69) is 28.8 Å². The number of alkyl halides is 3. The number of rotatable bonds is 7. The van der Waals surface area contributed by atoms with Crippen molar-refractivity contribution in [3.63, 3.8) is 0 Å². The van der Waals surface area contributed by atoms with Crippen LogP contribution in [0.15, 0.2) is 42.5 Å². The Balaban J connectivity index is 1.64. The highest BCUT2D eigenvalue weighted by Gasteiger charge is 2.30. The van der Waals surface area contributed by atoms with Crippen molar-refractivity contribution in [2.75, 3.05) is 19.4 Å². The van der Waals surface area contributed by atoms with Gasteiger partial charge in [-0.2, -0.15) is 17.7 Å². The molecule has 0 amide bonds. The maximum atomic E-state index is 12.9. The monoisotopic (exact) mass is 458 g/mol. The summed E-state index contributed by atoms with van der Waals surface area (Å²) in [4.78, 5) is 11.2. The number of halogens is 3. The number of hydrogen-bond donors (Lipinski definition) is 1. The van der Waals surface area contributed by atoms with Crippen LogP contribution in [0, 0.1) is 5.92 Å². The quantitative estimate of drug-likeness (QED) is 0.438. The van der Waals surface area contributed by atoms with E-state index in [0.29, 0.717) is 41.7 Å². The molecular formula is C23H25F3N6O. The van der Waals surface area contributed by atoms with Crippen molar-refractivity contribution in [2.45, 2.75) is 33.1 Å². The third-order valence-electron chi connectivity index (χ3n) is 5.23. The number of ether oxygens (including phenoxy) is 1. The molecule has 0 spiro atoms. The van der Waals surface area contributed by atoms with Crippen LogP contribution in [0.1, 0.15) is 30.8 Å². The van der Waals surface area contributed by atoms with Gasteiger partial charge < -0.3 is 10.5 Å². The second kappa shape index (κ2) is 8.86. The van der Waals surface area contributed by atoms with Gasteiger partial charge >= 0.3 is 6.18 Å². The summed E-state index contributed by atoms with van der Waals surface area (Å²) < 4.78 is 45.5. The Hall–Kier alpha value is -3.40. The average molecular weight is 458 g/mol. The first-order valence-electron chi connectivity index (χ1n) is 10.5. The standard InChI is InChI=1S/C23H25F3N6O/c1-14(2)11-31(12-15-7-9-16(10-8-15)23(24,25)26)13-19-28-21-17-5-4-6-18(33-3)20(17)29-22(27)32(21)30-19/h4-10,14H,11-13H2,1-3H3,(H2,27,29). The van der Waals surface area contributed by atoms with Crippen molar-refractivity contribution in [1.82, 2.24) is 24.5 Å². The lowest BCUT2D eigenvalue weighted by atomic mass is 10.1. The summed E-state index contributed by atoms with van der Waals surface area (Å²) in [5, 5.41) is 5.30. The van der Waals surface area contributed by atoms with E-state index < -0.39 is 11.7 Å². The van der Waals surface area contributed by atoms with E-state index in [4.69, 9.17) is 15.5 Å². The molecule has 4 rings (SSSR count). The molecule has 0 atom stereocenters.